The molecule has 1 N–H and O–H groups in total. The third-order valence-corrected chi connectivity index (χ3v) is 2.38. The van der Waals surface area contributed by atoms with Crippen LogP contribution < -0.4 is 5.32 Å². The van der Waals surface area contributed by atoms with Crippen molar-refractivity contribution in [1.29, 1.82) is 0 Å². The van der Waals surface area contributed by atoms with Gasteiger partial charge in [-0.25, -0.2) is 0 Å². The third kappa shape index (κ3) is 1.35. The van der Waals surface area contributed by atoms with Crippen molar-refractivity contribution in [3.63, 3.8) is 0 Å². The highest BCUT2D eigenvalue weighted by atomic mass is 16.2. The minimum atomic E-state index is -0.0196. The molecule has 1 atom stereocenters. The van der Waals surface area contributed by atoms with E-state index in [-0.39, 0.29) is 11.8 Å². The maximum Gasteiger partial charge on any atom is 0.247 e. The van der Waals surface area contributed by atoms with Gasteiger partial charge in [0.15, 0.2) is 0 Å². The maximum absolute atomic E-state index is 11.1. The van der Waals surface area contributed by atoms with Crippen LogP contribution in [-0.2, 0) is 4.79 Å². The van der Waals surface area contributed by atoms with Crippen LogP contribution in [0.1, 0.15) is 11.5 Å². The van der Waals surface area contributed by atoms with Crippen LogP contribution in [0.2, 0.25) is 0 Å². The lowest BCUT2D eigenvalue weighted by atomic mass is 9.95. The van der Waals surface area contributed by atoms with Gasteiger partial charge >= 0.3 is 0 Å². The first-order valence-corrected chi connectivity index (χ1v) is 4.31. The van der Waals surface area contributed by atoms with E-state index in [1.807, 2.05) is 30.3 Å². The minimum Gasteiger partial charge on any atom is -0.351 e. The van der Waals surface area contributed by atoms with Gasteiger partial charge in [-0.2, -0.15) is 0 Å². The van der Waals surface area contributed by atoms with Crippen LogP contribution in [0.25, 0.3) is 0 Å². The predicted octanol–water partition coefficient (Wildman–Crippen LogP) is 1.46. The summed E-state index contributed by atoms with van der Waals surface area (Å²) in [6.45, 7) is 4.46. The van der Waals surface area contributed by atoms with Gasteiger partial charge in [-0.1, -0.05) is 36.9 Å². The zero-order valence-electron chi connectivity index (χ0n) is 7.29. The fourth-order valence-electron chi connectivity index (χ4n) is 1.59. The summed E-state index contributed by atoms with van der Waals surface area (Å²) in [5, 5.41) is 2.78. The molecule has 0 aromatic heterocycles. The van der Waals surface area contributed by atoms with E-state index in [2.05, 4.69) is 11.9 Å². The van der Waals surface area contributed by atoms with Gasteiger partial charge in [0.25, 0.3) is 0 Å². The van der Waals surface area contributed by atoms with Crippen molar-refractivity contribution < 1.29 is 4.79 Å². The first-order valence-electron chi connectivity index (χ1n) is 4.31. The van der Waals surface area contributed by atoms with Gasteiger partial charge < -0.3 is 5.32 Å². The molecule has 0 saturated carbocycles. The molecule has 1 aliphatic rings. The molecule has 2 rings (SSSR count). The molecule has 1 aromatic rings. The molecule has 1 amide bonds. The zero-order chi connectivity index (χ0) is 9.26. The van der Waals surface area contributed by atoms with Crippen molar-refractivity contribution in [2.45, 2.75) is 5.92 Å². The Kier molecular flexibility index (Phi) is 1.89. The Morgan fingerprint density at radius 1 is 1.31 bits per heavy atom. The molecule has 1 saturated heterocycles. The lowest BCUT2D eigenvalue weighted by Crippen LogP contribution is -2.14. The molecule has 2 nitrogen and oxygen atoms in total. The lowest BCUT2D eigenvalue weighted by molar-refractivity contribution is -0.116. The van der Waals surface area contributed by atoms with Crippen LogP contribution >= 0.6 is 0 Å². The van der Waals surface area contributed by atoms with Crippen LogP contribution in [-0.4, -0.2) is 12.5 Å². The molecular formula is C11H11NO. The van der Waals surface area contributed by atoms with Gasteiger partial charge in [0.1, 0.15) is 0 Å². The van der Waals surface area contributed by atoms with Gasteiger partial charge in [0.05, 0.1) is 0 Å². The lowest BCUT2D eigenvalue weighted by Gasteiger charge is -2.07. The molecule has 0 radical (unpaired) electrons. The Balaban J connectivity index is 2.29. The number of carbonyl (C=O) groups is 1. The van der Waals surface area contributed by atoms with E-state index < -0.39 is 0 Å². The van der Waals surface area contributed by atoms with Crippen molar-refractivity contribution in [1.82, 2.24) is 5.32 Å². The Labute approximate surface area is 77.3 Å². The molecule has 1 heterocycles. The minimum absolute atomic E-state index is 0.0196. The van der Waals surface area contributed by atoms with Gasteiger partial charge in [-0.15, -0.1) is 0 Å². The van der Waals surface area contributed by atoms with E-state index in [0.29, 0.717) is 12.1 Å². The predicted molar refractivity (Wildman–Crippen MR) is 51.3 cm³/mol. The van der Waals surface area contributed by atoms with Crippen LogP contribution in [0.3, 0.4) is 0 Å². The van der Waals surface area contributed by atoms with E-state index in [4.69, 9.17) is 0 Å². The van der Waals surface area contributed by atoms with Gasteiger partial charge in [-0.3, -0.25) is 4.79 Å². The number of benzene rings is 1. The molecule has 0 aliphatic carbocycles. The summed E-state index contributed by atoms with van der Waals surface area (Å²) in [5.74, 6) is 0.141. The van der Waals surface area contributed by atoms with Crippen molar-refractivity contribution in [3.8, 4) is 0 Å². The molecule has 13 heavy (non-hydrogen) atoms. The molecule has 1 aliphatic heterocycles. The van der Waals surface area contributed by atoms with Crippen LogP contribution in [0, 0.1) is 0 Å². The number of rotatable bonds is 1. The normalized spacial score (nSPS) is 21.7. The fraction of sp³-hybridized carbons (Fsp3) is 0.182. The summed E-state index contributed by atoms with van der Waals surface area (Å²) in [7, 11) is 0. The van der Waals surface area contributed by atoms with Gasteiger partial charge in [-0.05, 0) is 5.56 Å². The van der Waals surface area contributed by atoms with Crippen LogP contribution in [0.15, 0.2) is 42.5 Å². The maximum atomic E-state index is 11.1. The van der Waals surface area contributed by atoms with Gasteiger partial charge in [0.2, 0.25) is 5.91 Å². The second-order valence-corrected chi connectivity index (χ2v) is 3.20. The van der Waals surface area contributed by atoms with Crippen LogP contribution in [0.4, 0.5) is 0 Å². The van der Waals surface area contributed by atoms with Crippen molar-refractivity contribution >= 4 is 5.91 Å². The quantitative estimate of drug-likeness (QED) is 0.640. The summed E-state index contributed by atoms with van der Waals surface area (Å²) in [6.07, 6.45) is 0. The average Bonchev–Trinajstić information content (AvgIpc) is 2.49. The molecular weight excluding hydrogens is 162 g/mol. The Morgan fingerprint density at radius 3 is 2.54 bits per heavy atom. The number of amides is 1. The Bertz CT molecular complexity index is 342. The first-order chi connectivity index (χ1) is 6.29. The van der Waals surface area contributed by atoms with E-state index in [9.17, 15) is 4.79 Å². The van der Waals surface area contributed by atoms with Crippen LogP contribution in [0.5, 0.6) is 0 Å². The molecule has 0 spiro atoms. The molecule has 1 unspecified atom stereocenters. The summed E-state index contributed by atoms with van der Waals surface area (Å²) >= 11 is 0. The second kappa shape index (κ2) is 3.05. The van der Waals surface area contributed by atoms with Crippen molar-refractivity contribution in [2.75, 3.05) is 6.54 Å². The number of hydrogen-bond acceptors (Lipinski definition) is 1. The highest BCUT2D eigenvalue weighted by Crippen LogP contribution is 2.26. The Hall–Kier alpha value is -1.57. The standard InChI is InChI=1S/C11H11NO/c1-8-10(7-12-11(8)13)9-5-3-2-4-6-9/h2-6,10H,1,7H2,(H,12,13). The molecule has 66 valence electrons. The fourth-order valence-corrected chi connectivity index (χ4v) is 1.59. The Morgan fingerprint density at radius 2 is 2.00 bits per heavy atom. The highest BCUT2D eigenvalue weighted by molar-refractivity contribution is 5.97. The largest absolute Gasteiger partial charge is 0.351 e. The monoisotopic (exact) mass is 173 g/mol. The topological polar surface area (TPSA) is 29.1 Å². The number of nitrogens with one attached hydrogen (secondary N) is 1. The smallest absolute Gasteiger partial charge is 0.247 e. The SMILES string of the molecule is C=C1C(=O)NCC1c1ccccc1. The number of carbonyl (C=O) groups excluding carboxylic acids is 1. The highest BCUT2D eigenvalue weighted by Gasteiger charge is 2.26. The van der Waals surface area contributed by atoms with E-state index >= 15 is 0 Å². The molecule has 1 fully saturated rings. The van der Waals surface area contributed by atoms with E-state index in [1.165, 1.54) is 0 Å². The van der Waals surface area contributed by atoms with Crippen molar-refractivity contribution in [3.05, 3.63) is 48.0 Å². The summed E-state index contributed by atoms with van der Waals surface area (Å²) < 4.78 is 0. The van der Waals surface area contributed by atoms with E-state index in [0.717, 1.165) is 5.56 Å². The summed E-state index contributed by atoms with van der Waals surface area (Å²) in [5.41, 5.74) is 1.83. The summed E-state index contributed by atoms with van der Waals surface area (Å²) in [4.78, 5) is 11.1. The molecule has 0 bridgehead atoms. The third-order valence-electron chi connectivity index (χ3n) is 2.38. The first kappa shape index (κ1) is 8.05. The summed E-state index contributed by atoms with van der Waals surface area (Å²) in [6, 6.07) is 9.97. The average molecular weight is 173 g/mol. The number of hydrogen-bond donors (Lipinski definition) is 1. The zero-order valence-corrected chi connectivity index (χ0v) is 7.29. The van der Waals surface area contributed by atoms with Gasteiger partial charge in [0, 0.05) is 18.0 Å². The van der Waals surface area contributed by atoms with Crippen molar-refractivity contribution in [2.24, 2.45) is 0 Å². The molecule has 2 heteroatoms. The molecule has 1 aromatic carbocycles. The second-order valence-electron chi connectivity index (χ2n) is 3.20. The van der Waals surface area contributed by atoms with E-state index in [1.54, 1.807) is 0 Å².